The Kier molecular flexibility index (Phi) is 5.55. The van der Waals surface area contributed by atoms with Crippen molar-refractivity contribution in [1.29, 1.82) is 0 Å². The van der Waals surface area contributed by atoms with Gasteiger partial charge in [-0.05, 0) is 24.3 Å². The Morgan fingerprint density at radius 1 is 0.844 bits per heavy atom. The Labute approximate surface area is 189 Å². The second kappa shape index (κ2) is 8.80. The van der Waals surface area contributed by atoms with Crippen LogP contribution in [0.1, 0.15) is 0 Å². The van der Waals surface area contributed by atoms with Crippen LogP contribution in [-0.4, -0.2) is 46.1 Å². The quantitative estimate of drug-likeness (QED) is 0.254. The molecule has 32 heavy (non-hydrogen) atoms. The Hall–Kier alpha value is -3.72. The van der Waals surface area contributed by atoms with Crippen LogP contribution in [0.5, 0.6) is 0 Å². The first-order chi connectivity index (χ1) is 15.7. The molecule has 0 saturated carbocycles. The molecule has 160 valence electrons. The lowest BCUT2D eigenvalue weighted by Crippen LogP contribution is -2.47. The largest absolute Gasteiger partial charge is 0.368 e. The summed E-state index contributed by atoms with van der Waals surface area (Å²) >= 11 is 1.26. The average molecular weight is 445 g/mol. The lowest BCUT2D eigenvalue weighted by Gasteiger charge is -2.36. The van der Waals surface area contributed by atoms with Crippen LogP contribution in [0.2, 0.25) is 0 Å². The van der Waals surface area contributed by atoms with E-state index in [9.17, 15) is 10.1 Å². The molecule has 0 spiro atoms. The summed E-state index contributed by atoms with van der Waals surface area (Å²) in [6, 6.07) is 19.8. The fraction of sp³-hybridized carbons (Fsp3) is 0.174. The van der Waals surface area contributed by atoms with E-state index in [1.165, 1.54) is 18.1 Å². The van der Waals surface area contributed by atoms with Gasteiger partial charge in [0.25, 0.3) is 0 Å². The highest BCUT2D eigenvalue weighted by Crippen LogP contribution is 2.40. The van der Waals surface area contributed by atoms with Crippen LogP contribution in [-0.2, 0) is 0 Å². The van der Waals surface area contributed by atoms with Crippen LogP contribution >= 0.6 is 11.8 Å². The second-order valence-electron chi connectivity index (χ2n) is 7.35. The number of pyridine rings is 1. The van der Waals surface area contributed by atoms with E-state index in [-0.39, 0.29) is 10.6 Å². The molecule has 3 heterocycles. The summed E-state index contributed by atoms with van der Waals surface area (Å²) in [6.07, 6.45) is 3.13. The Bertz CT molecular complexity index is 1260. The number of nitrogens with zero attached hydrogens (tertiary/aromatic N) is 6. The van der Waals surface area contributed by atoms with Crippen LogP contribution in [0.3, 0.4) is 0 Å². The molecule has 5 rings (SSSR count). The van der Waals surface area contributed by atoms with Crippen LogP contribution in [0.25, 0.3) is 10.9 Å². The van der Waals surface area contributed by atoms with Crippen molar-refractivity contribution in [2.45, 2.75) is 9.92 Å². The molecule has 0 unspecified atom stereocenters. The van der Waals surface area contributed by atoms with Crippen LogP contribution in [0.15, 0.2) is 83.1 Å². The highest BCUT2D eigenvalue weighted by Gasteiger charge is 2.30. The summed E-state index contributed by atoms with van der Waals surface area (Å²) in [4.78, 5) is 29.8. The molecular formula is C23H20N6O2S. The zero-order valence-electron chi connectivity index (χ0n) is 17.2. The first kappa shape index (κ1) is 20.2. The Morgan fingerprint density at radius 2 is 1.59 bits per heavy atom. The number of aromatic nitrogens is 3. The van der Waals surface area contributed by atoms with E-state index in [0.29, 0.717) is 23.9 Å². The predicted molar refractivity (Wildman–Crippen MR) is 125 cm³/mol. The minimum atomic E-state index is -0.375. The smallest absolute Gasteiger partial charge is 0.343 e. The van der Waals surface area contributed by atoms with Gasteiger partial charge < -0.3 is 9.80 Å². The van der Waals surface area contributed by atoms with Gasteiger partial charge in [-0.3, -0.25) is 15.1 Å². The van der Waals surface area contributed by atoms with Gasteiger partial charge in [-0.15, -0.1) is 0 Å². The Balaban J connectivity index is 1.43. The first-order valence-corrected chi connectivity index (χ1v) is 11.1. The van der Waals surface area contributed by atoms with Gasteiger partial charge in [-0.25, -0.2) is 9.97 Å². The molecule has 1 fully saturated rings. The summed E-state index contributed by atoms with van der Waals surface area (Å²) in [7, 11) is 0. The fourth-order valence-corrected chi connectivity index (χ4v) is 4.88. The normalized spacial score (nSPS) is 14.0. The molecular weight excluding hydrogens is 424 g/mol. The highest BCUT2D eigenvalue weighted by atomic mass is 32.2. The van der Waals surface area contributed by atoms with Crippen LogP contribution in [0.4, 0.5) is 17.2 Å². The third-order valence-electron chi connectivity index (χ3n) is 5.45. The molecule has 1 saturated heterocycles. The second-order valence-corrected chi connectivity index (χ2v) is 8.38. The van der Waals surface area contributed by atoms with Crippen molar-refractivity contribution in [1.82, 2.24) is 15.0 Å². The van der Waals surface area contributed by atoms with Crippen LogP contribution < -0.4 is 9.80 Å². The number of anilines is 2. The van der Waals surface area contributed by atoms with Gasteiger partial charge in [-0.2, -0.15) is 0 Å². The van der Waals surface area contributed by atoms with E-state index in [2.05, 4.69) is 32.0 Å². The first-order valence-electron chi connectivity index (χ1n) is 10.3. The van der Waals surface area contributed by atoms with Crippen molar-refractivity contribution in [2.75, 3.05) is 36.0 Å². The summed E-state index contributed by atoms with van der Waals surface area (Å²) in [6.45, 7) is 2.82. The molecule has 4 aromatic rings. The van der Waals surface area contributed by atoms with E-state index in [1.54, 1.807) is 6.20 Å². The lowest BCUT2D eigenvalue weighted by molar-refractivity contribution is -0.387. The molecule has 0 aliphatic carbocycles. The number of fused-ring (bicyclic) bond motifs is 1. The number of benzene rings is 2. The highest BCUT2D eigenvalue weighted by molar-refractivity contribution is 7.99. The van der Waals surface area contributed by atoms with Crippen molar-refractivity contribution in [3.05, 3.63) is 83.3 Å². The zero-order valence-corrected chi connectivity index (χ0v) is 18.0. The van der Waals surface area contributed by atoms with Crippen molar-refractivity contribution in [2.24, 2.45) is 0 Å². The van der Waals surface area contributed by atoms with E-state index < -0.39 is 0 Å². The summed E-state index contributed by atoms with van der Waals surface area (Å²) in [5, 5.41) is 13.4. The minimum absolute atomic E-state index is 0.0569. The van der Waals surface area contributed by atoms with Gasteiger partial charge in [0.15, 0.2) is 5.03 Å². The predicted octanol–water partition coefficient (Wildman–Crippen LogP) is 4.41. The molecule has 1 aliphatic rings. The van der Waals surface area contributed by atoms with E-state index >= 15 is 0 Å². The molecule has 0 atom stereocenters. The zero-order chi connectivity index (χ0) is 21.9. The van der Waals surface area contributed by atoms with Crippen molar-refractivity contribution >= 4 is 39.9 Å². The lowest BCUT2D eigenvalue weighted by atomic mass is 10.2. The maximum atomic E-state index is 12.1. The van der Waals surface area contributed by atoms with Gasteiger partial charge in [0.05, 0.1) is 10.4 Å². The molecule has 1 aliphatic heterocycles. The molecule has 8 nitrogen and oxygen atoms in total. The SMILES string of the molecule is O=[N+]([O-])c1c(Sc2cccc3cccnc23)ncnc1N1CCN(c2ccccc2)CC1. The maximum Gasteiger partial charge on any atom is 0.343 e. The molecule has 0 N–H and O–H groups in total. The number of piperazine rings is 1. The molecule has 9 heteroatoms. The number of hydrogen-bond acceptors (Lipinski definition) is 8. The standard InChI is InChI=1S/C23H20N6O2S/c30-29(31)21-22(28-14-12-27(13-15-28)18-8-2-1-3-9-18)25-16-26-23(21)32-19-10-4-6-17-7-5-11-24-20(17)19/h1-11,16H,12-15H2. The molecule has 2 aromatic heterocycles. The van der Waals surface area contributed by atoms with Gasteiger partial charge in [0.2, 0.25) is 5.82 Å². The Morgan fingerprint density at radius 3 is 2.38 bits per heavy atom. The number of nitro groups is 1. The molecule has 0 radical (unpaired) electrons. The average Bonchev–Trinajstić information content (AvgIpc) is 2.85. The van der Waals surface area contributed by atoms with Gasteiger partial charge in [-0.1, -0.05) is 48.2 Å². The van der Waals surface area contributed by atoms with E-state index in [0.717, 1.165) is 34.6 Å². The fourth-order valence-electron chi connectivity index (χ4n) is 3.90. The third kappa shape index (κ3) is 3.94. The van der Waals surface area contributed by atoms with Gasteiger partial charge in [0.1, 0.15) is 6.33 Å². The van der Waals surface area contributed by atoms with Crippen molar-refractivity contribution < 1.29 is 4.92 Å². The van der Waals surface area contributed by atoms with Crippen molar-refractivity contribution in [3.8, 4) is 0 Å². The van der Waals surface area contributed by atoms with E-state index in [4.69, 9.17) is 0 Å². The van der Waals surface area contributed by atoms with Crippen molar-refractivity contribution in [3.63, 3.8) is 0 Å². The summed E-state index contributed by atoms with van der Waals surface area (Å²) in [5.41, 5.74) is 1.90. The minimum Gasteiger partial charge on any atom is -0.368 e. The summed E-state index contributed by atoms with van der Waals surface area (Å²) < 4.78 is 0. The van der Waals surface area contributed by atoms with Gasteiger partial charge in [0, 0.05) is 48.3 Å². The third-order valence-corrected chi connectivity index (χ3v) is 6.50. The summed E-state index contributed by atoms with van der Waals surface area (Å²) in [5.74, 6) is 0.369. The topological polar surface area (TPSA) is 88.3 Å². The monoisotopic (exact) mass is 444 g/mol. The number of hydrogen-bond donors (Lipinski definition) is 0. The van der Waals surface area contributed by atoms with Gasteiger partial charge >= 0.3 is 5.69 Å². The van der Waals surface area contributed by atoms with Crippen LogP contribution in [0, 0.1) is 10.1 Å². The molecule has 0 bridgehead atoms. The number of rotatable bonds is 5. The number of para-hydroxylation sites is 2. The maximum absolute atomic E-state index is 12.1. The molecule has 2 aromatic carbocycles. The van der Waals surface area contributed by atoms with E-state index in [1.807, 2.05) is 53.4 Å². The molecule has 0 amide bonds.